The zero-order valence-electron chi connectivity index (χ0n) is 10.1. The Kier molecular flexibility index (Phi) is 3.51. The molecule has 0 bridgehead atoms. The molecule has 1 aromatic heterocycles. The Bertz CT molecular complexity index is 596. The fraction of sp³-hybridized carbons (Fsp3) is 0.0769. The number of aromatic nitrogens is 1. The summed E-state index contributed by atoms with van der Waals surface area (Å²) in [5.74, 6) is -0.592. The first-order valence-corrected chi connectivity index (χ1v) is 5.43. The minimum atomic E-state index is -0.415. The van der Waals surface area contributed by atoms with Crippen LogP contribution in [0, 0.1) is 0 Å². The highest BCUT2D eigenvalue weighted by Gasteiger charge is 2.09. The molecular formula is C13H12N2O4. The van der Waals surface area contributed by atoms with Gasteiger partial charge in [0.05, 0.1) is 19.0 Å². The molecule has 1 heterocycles. The Labute approximate surface area is 109 Å². The first-order chi connectivity index (χ1) is 9.10. The number of amides is 1. The standard InChI is InChI=1S/C13H12N2O4/c1-19-12-5-3-9(7-14-12)15-13(18)8-2-4-10(16)11(17)6-8/h2-7,16-17H,1H3,(H,15,18). The van der Waals surface area contributed by atoms with Gasteiger partial charge in [0.25, 0.3) is 5.91 Å². The molecule has 0 fully saturated rings. The monoisotopic (exact) mass is 260 g/mol. The van der Waals surface area contributed by atoms with Crippen LogP contribution in [-0.4, -0.2) is 28.2 Å². The molecule has 3 N–H and O–H groups in total. The minimum Gasteiger partial charge on any atom is -0.504 e. The predicted molar refractivity (Wildman–Crippen MR) is 68.5 cm³/mol. The molecule has 6 nitrogen and oxygen atoms in total. The van der Waals surface area contributed by atoms with Gasteiger partial charge in [-0.2, -0.15) is 0 Å². The highest BCUT2D eigenvalue weighted by atomic mass is 16.5. The van der Waals surface area contributed by atoms with Crippen molar-refractivity contribution in [1.82, 2.24) is 4.98 Å². The Hall–Kier alpha value is -2.76. The second-order valence-corrected chi connectivity index (χ2v) is 3.75. The average molecular weight is 260 g/mol. The quantitative estimate of drug-likeness (QED) is 0.731. The highest BCUT2D eigenvalue weighted by molar-refractivity contribution is 6.04. The van der Waals surface area contributed by atoms with Crippen molar-refractivity contribution in [3.63, 3.8) is 0 Å². The van der Waals surface area contributed by atoms with E-state index < -0.39 is 5.91 Å². The Morgan fingerprint density at radius 2 is 2.00 bits per heavy atom. The van der Waals surface area contributed by atoms with Crippen molar-refractivity contribution in [2.24, 2.45) is 0 Å². The summed E-state index contributed by atoms with van der Waals surface area (Å²) in [6.45, 7) is 0. The van der Waals surface area contributed by atoms with Crippen LogP contribution in [0.2, 0.25) is 0 Å². The number of nitrogens with zero attached hydrogens (tertiary/aromatic N) is 1. The van der Waals surface area contributed by atoms with Gasteiger partial charge in [0, 0.05) is 11.6 Å². The molecule has 0 radical (unpaired) electrons. The maximum absolute atomic E-state index is 11.9. The lowest BCUT2D eigenvalue weighted by atomic mass is 10.2. The molecule has 0 saturated heterocycles. The normalized spacial score (nSPS) is 9.95. The zero-order valence-corrected chi connectivity index (χ0v) is 10.1. The number of benzene rings is 1. The lowest BCUT2D eigenvalue weighted by Gasteiger charge is -2.06. The van der Waals surface area contributed by atoms with Crippen molar-refractivity contribution < 1.29 is 19.7 Å². The fourth-order valence-electron chi connectivity index (χ4n) is 1.44. The molecule has 2 aromatic rings. The van der Waals surface area contributed by atoms with E-state index in [1.807, 2.05) is 0 Å². The zero-order chi connectivity index (χ0) is 13.8. The summed E-state index contributed by atoms with van der Waals surface area (Å²) in [5.41, 5.74) is 0.726. The topological polar surface area (TPSA) is 91.7 Å². The summed E-state index contributed by atoms with van der Waals surface area (Å²) in [6, 6.07) is 7.09. The lowest BCUT2D eigenvalue weighted by Crippen LogP contribution is -2.11. The Morgan fingerprint density at radius 3 is 2.58 bits per heavy atom. The lowest BCUT2D eigenvalue weighted by molar-refractivity contribution is 0.102. The molecule has 0 saturated carbocycles. The molecule has 0 unspecified atom stereocenters. The number of ether oxygens (including phenoxy) is 1. The van der Waals surface area contributed by atoms with Crippen LogP contribution in [0.15, 0.2) is 36.5 Å². The minimum absolute atomic E-state index is 0.228. The van der Waals surface area contributed by atoms with Gasteiger partial charge in [0.2, 0.25) is 5.88 Å². The first kappa shape index (κ1) is 12.7. The van der Waals surface area contributed by atoms with Gasteiger partial charge in [0.15, 0.2) is 11.5 Å². The number of carbonyl (C=O) groups excluding carboxylic acids is 1. The van der Waals surface area contributed by atoms with E-state index in [9.17, 15) is 9.90 Å². The average Bonchev–Trinajstić information content (AvgIpc) is 2.42. The number of pyridine rings is 1. The fourth-order valence-corrected chi connectivity index (χ4v) is 1.44. The molecule has 1 aromatic carbocycles. The van der Waals surface area contributed by atoms with Gasteiger partial charge in [-0.3, -0.25) is 4.79 Å². The number of hydrogen-bond acceptors (Lipinski definition) is 5. The van der Waals surface area contributed by atoms with Crippen molar-refractivity contribution in [3.8, 4) is 17.4 Å². The predicted octanol–water partition coefficient (Wildman–Crippen LogP) is 1.75. The number of methoxy groups -OCH3 is 1. The van der Waals surface area contributed by atoms with Crippen LogP contribution < -0.4 is 10.1 Å². The number of phenols is 2. The van der Waals surface area contributed by atoms with Crippen LogP contribution in [0.1, 0.15) is 10.4 Å². The van der Waals surface area contributed by atoms with E-state index in [4.69, 9.17) is 9.84 Å². The third-order valence-electron chi connectivity index (χ3n) is 2.44. The van der Waals surface area contributed by atoms with Gasteiger partial charge in [-0.15, -0.1) is 0 Å². The summed E-state index contributed by atoms with van der Waals surface area (Å²) in [4.78, 5) is 15.8. The smallest absolute Gasteiger partial charge is 0.255 e. The van der Waals surface area contributed by atoms with E-state index >= 15 is 0 Å². The van der Waals surface area contributed by atoms with Gasteiger partial charge in [-0.25, -0.2) is 4.98 Å². The molecule has 19 heavy (non-hydrogen) atoms. The van der Waals surface area contributed by atoms with Crippen molar-refractivity contribution in [1.29, 1.82) is 0 Å². The highest BCUT2D eigenvalue weighted by Crippen LogP contribution is 2.25. The molecule has 6 heteroatoms. The van der Waals surface area contributed by atoms with Crippen LogP contribution in [-0.2, 0) is 0 Å². The van der Waals surface area contributed by atoms with E-state index in [1.165, 1.54) is 31.5 Å². The molecule has 98 valence electrons. The van der Waals surface area contributed by atoms with E-state index in [1.54, 1.807) is 12.1 Å². The van der Waals surface area contributed by atoms with Crippen molar-refractivity contribution in [2.75, 3.05) is 12.4 Å². The summed E-state index contributed by atoms with van der Waals surface area (Å²) < 4.78 is 4.90. The van der Waals surface area contributed by atoms with Crippen LogP contribution in [0.3, 0.4) is 0 Å². The molecule has 0 atom stereocenters. The molecule has 0 aliphatic carbocycles. The molecule has 0 aliphatic rings. The van der Waals surface area contributed by atoms with Gasteiger partial charge in [-0.1, -0.05) is 0 Å². The molecule has 0 aliphatic heterocycles. The largest absolute Gasteiger partial charge is 0.504 e. The number of rotatable bonds is 3. The summed E-state index contributed by atoms with van der Waals surface area (Å²) >= 11 is 0. The van der Waals surface area contributed by atoms with Crippen LogP contribution in [0.5, 0.6) is 17.4 Å². The van der Waals surface area contributed by atoms with Gasteiger partial charge >= 0.3 is 0 Å². The summed E-state index contributed by atoms with van der Waals surface area (Å²) in [5, 5.41) is 21.1. The van der Waals surface area contributed by atoms with Gasteiger partial charge in [-0.05, 0) is 24.3 Å². The summed E-state index contributed by atoms with van der Waals surface area (Å²) in [6.07, 6.45) is 1.46. The van der Waals surface area contributed by atoms with Crippen molar-refractivity contribution in [2.45, 2.75) is 0 Å². The maximum atomic E-state index is 11.9. The molecule has 0 spiro atoms. The van der Waals surface area contributed by atoms with Crippen molar-refractivity contribution >= 4 is 11.6 Å². The number of nitrogens with one attached hydrogen (secondary N) is 1. The SMILES string of the molecule is COc1ccc(NC(=O)c2ccc(O)c(O)c2)cn1. The number of phenolic OH excluding ortho intramolecular Hbond substituents is 2. The van der Waals surface area contributed by atoms with Crippen LogP contribution in [0.4, 0.5) is 5.69 Å². The molecule has 1 amide bonds. The number of aromatic hydroxyl groups is 2. The first-order valence-electron chi connectivity index (χ1n) is 5.43. The third kappa shape index (κ3) is 2.92. The second kappa shape index (κ2) is 5.26. The molecule has 2 rings (SSSR count). The van der Waals surface area contributed by atoms with Crippen LogP contribution >= 0.6 is 0 Å². The van der Waals surface area contributed by atoms with E-state index in [0.717, 1.165) is 0 Å². The number of carbonyl (C=O) groups is 1. The Morgan fingerprint density at radius 1 is 1.21 bits per heavy atom. The second-order valence-electron chi connectivity index (χ2n) is 3.75. The van der Waals surface area contributed by atoms with E-state index in [2.05, 4.69) is 10.3 Å². The van der Waals surface area contributed by atoms with Crippen molar-refractivity contribution in [3.05, 3.63) is 42.1 Å². The number of anilines is 1. The summed E-state index contributed by atoms with van der Waals surface area (Å²) in [7, 11) is 1.50. The van der Waals surface area contributed by atoms with Gasteiger partial charge < -0.3 is 20.3 Å². The van der Waals surface area contributed by atoms with E-state index in [-0.39, 0.29) is 17.1 Å². The van der Waals surface area contributed by atoms with E-state index in [0.29, 0.717) is 11.6 Å². The third-order valence-corrected chi connectivity index (χ3v) is 2.44. The number of hydrogen-bond donors (Lipinski definition) is 3. The van der Waals surface area contributed by atoms with Gasteiger partial charge in [0.1, 0.15) is 0 Å². The van der Waals surface area contributed by atoms with Crippen LogP contribution in [0.25, 0.3) is 0 Å². The maximum Gasteiger partial charge on any atom is 0.255 e. The Balaban J connectivity index is 2.13. The molecular weight excluding hydrogens is 248 g/mol.